The zero-order chi connectivity index (χ0) is 18.9. The number of piperidine rings is 1. The number of ketones is 1. The highest BCUT2D eigenvalue weighted by Crippen LogP contribution is 2.15. The third-order valence-corrected chi connectivity index (χ3v) is 3.30. The van der Waals surface area contributed by atoms with E-state index in [1.165, 1.54) is 6.42 Å². The molecule has 0 saturated carbocycles. The lowest BCUT2D eigenvalue weighted by atomic mass is 9.97. The summed E-state index contributed by atoms with van der Waals surface area (Å²) >= 11 is 0. The smallest absolute Gasteiger partial charge is 0.166 e. The molecule has 18 heavy (non-hydrogen) atoms. The van der Waals surface area contributed by atoms with E-state index in [2.05, 4.69) is 4.90 Å². The van der Waals surface area contributed by atoms with Crippen LogP contribution in [-0.4, -0.2) is 30.3 Å². The van der Waals surface area contributed by atoms with Crippen molar-refractivity contribution < 1.29 is 14.4 Å². The van der Waals surface area contributed by atoms with Gasteiger partial charge >= 0.3 is 0 Å². The normalized spacial score (nSPS) is 24.8. The molecular weight excluding hydrogens is 222 g/mol. The second-order valence-electron chi connectivity index (χ2n) is 4.88. The monoisotopic (exact) mass is 252 g/mol. The van der Waals surface area contributed by atoms with Crippen LogP contribution in [0.4, 0.5) is 0 Å². The Morgan fingerprint density at radius 1 is 1.33 bits per heavy atom. The van der Waals surface area contributed by atoms with Gasteiger partial charge in [0.15, 0.2) is 5.78 Å². The van der Waals surface area contributed by atoms with Gasteiger partial charge in [-0.3, -0.25) is 4.79 Å². The Morgan fingerprint density at radius 2 is 2.00 bits per heavy atom. The number of hydrogen-bond acceptors (Lipinski definition) is 2. The fourth-order valence-corrected chi connectivity index (χ4v) is 2.29. The largest absolute Gasteiger partial charge is 0.303 e. The zero-order valence-electron chi connectivity index (χ0n) is 17.7. The molecule has 0 N–H and O–H groups in total. The van der Waals surface area contributed by atoms with Crippen molar-refractivity contribution in [1.82, 2.24) is 4.90 Å². The summed E-state index contributed by atoms with van der Waals surface area (Å²) in [7, 11) is 0. The molecular formula is C16H23NO. The van der Waals surface area contributed by atoms with Crippen molar-refractivity contribution in [3.63, 3.8) is 0 Å². The summed E-state index contributed by atoms with van der Waals surface area (Å²) in [5.74, 6) is -0.955. The first-order chi connectivity index (χ1) is 11.6. The molecule has 0 bridgehead atoms. The maximum Gasteiger partial charge on any atom is 0.166 e. The molecule has 0 spiro atoms. The topological polar surface area (TPSA) is 20.3 Å². The van der Waals surface area contributed by atoms with Gasteiger partial charge in [0.05, 0.1) is 5.48 Å². The van der Waals surface area contributed by atoms with Crippen molar-refractivity contribution in [1.29, 1.82) is 0 Å². The lowest BCUT2D eigenvalue weighted by molar-refractivity contribution is 0.0883. The number of carbonyl (C=O) groups is 1. The molecule has 1 fully saturated rings. The van der Waals surface area contributed by atoms with Crippen LogP contribution in [0.25, 0.3) is 0 Å². The molecule has 1 unspecified atom stereocenters. The molecule has 1 aliphatic rings. The van der Waals surface area contributed by atoms with Gasteiger partial charge in [0.2, 0.25) is 0 Å². The quantitative estimate of drug-likeness (QED) is 0.766. The number of Topliss-reactive ketones (excluding diaryl/α,β-unsaturated/α-hetero) is 1. The van der Waals surface area contributed by atoms with Crippen LogP contribution in [-0.2, 0) is 0 Å². The summed E-state index contributed by atoms with van der Waals surface area (Å²) in [5.41, 5.74) is -0.949. The van der Waals surface area contributed by atoms with Gasteiger partial charge in [0, 0.05) is 22.1 Å². The van der Waals surface area contributed by atoms with E-state index < -0.39 is 48.3 Å². The first-order valence-electron chi connectivity index (χ1n) is 9.93. The highest BCUT2D eigenvalue weighted by atomic mass is 16.1. The molecule has 1 aliphatic heterocycles. The van der Waals surface area contributed by atoms with Gasteiger partial charge in [-0.05, 0) is 32.8 Å². The fourth-order valence-electron chi connectivity index (χ4n) is 2.29. The molecule has 98 valence electrons. The minimum absolute atomic E-state index is 0.312. The number of benzene rings is 1. The average molecular weight is 252 g/mol. The van der Waals surface area contributed by atoms with Crippen LogP contribution >= 0.6 is 0 Å². The molecule has 1 heterocycles. The highest BCUT2D eigenvalue weighted by molar-refractivity contribution is 5.97. The van der Waals surface area contributed by atoms with E-state index in [1.807, 2.05) is 0 Å². The van der Waals surface area contributed by atoms with Crippen LogP contribution in [0.3, 0.4) is 0 Å². The summed E-state index contributed by atoms with van der Waals surface area (Å²) in [4.78, 5) is 14.9. The van der Waals surface area contributed by atoms with Crippen molar-refractivity contribution >= 4 is 5.78 Å². The van der Waals surface area contributed by atoms with E-state index in [0.717, 1.165) is 25.9 Å². The molecule has 2 heteroatoms. The third kappa shape index (κ3) is 3.42. The van der Waals surface area contributed by atoms with Crippen LogP contribution in [0.2, 0.25) is 0 Å². The van der Waals surface area contributed by atoms with Crippen LogP contribution in [0.5, 0.6) is 0 Å². The molecule has 0 aromatic heterocycles. The van der Waals surface area contributed by atoms with Crippen LogP contribution < -0.4 is 0 Å². The van der Waals surface area contributed by atoms with E-state index in [9.17, 15) is 4.79 Å². The third-order valence-electron chi connectivity index (χ3n) is 3.30. The van der Waals surface area contributed by atoms with Gasteiger partial charge in [0.25, 0.3) is 0 Å². The SMILES string of the molecule is [2H]c1c([2H])c(C([2H])([2H])[2H])c([2H])c([2H])c1C(=O)C(C)CN1CCCCC1. The summed E-state index contributed by atoms with van der Waals surface area (Å²) in [5, 5.41) is 0. The highest BCUT2D eigenvalue weighted by Gasteiger charge is 2.19. The maximum atomic E-state index is 12.8. The predicted octanol–water partition coefficient (Wildman–Crippen LogP) is 3.30. The maximum absolute atomic E-state index is 12.8. The number of rotatable bonds is 4. The van der Waals surface area contributed by atoms with Gasteiger partial charge < -0.3 is 4.90 Å². The van der Waals surface area contributed by atoms with E-state index in [-0.39, 0.29) is 5.56 Å². The Morgan fingerprint density at radius 3 is 2.61 bits per heavy atom. The number of nitrogens with zero attached hydrogens (tertiary/aromatic N) is 1. The van der Waals surface area contributed by atoms with Crippen molar-refractivity contribution in [3.05, 3.63) is 35.3 Å². The van der Waals surface area contributed by atoms with Crippen molar-refractivity contribution in [2.75, 3.05) is 19.6 Å². The van der Waals surface area contributed by atoms with Crippen molar-refractivity contribution in [2.24, 2.45) is 5.92 Å². The average Bonchev–Trinajstić information content (AvgIpc) is 2.53. The summed E-state index contributed by atoms with van der Waals surface area (Å²) < 4.78 is 54.1. The second kappa shape index (κ2) is 6.14. The minimum atomic E-state index is -2.76. The Bertz CT molecular complexity index is 636. The van der Waals surface area contributed by atoms with E-state index >= 15 is 0 Å². The molecule has 0 radical (unpaired) electrons. The van der Waals surface area contributed by atoms with E-state index in [4.69, 9.17) is 9.60 Å². The zero-order valence-corrected chi connectivity index (χ0v) is 10.7. The van der Waals surface area contributed by atoms with E-state index in [0.29, 0.717) is 6.54 Å². The molecule has 0 aliphatic carbocycles. The second-order valence-corrected chi connectivity index (χ2v) is 4.88. The van der Waals surface area contributed by atoms with Gasteiger partial charge in [-0.25, -0.2) is 0 Å². The van der Waals surface area contributed by atoms with Crippen molar-refractivity contribution in [3.8, 4) is 0 Å². The first-order valence-corrected chi connectivity index (χ1v) is 6.43. The predicted molar refractivity (Wildman–Crippen MR) is 75.0 cm³/mol. The molecule has 1 atom stereocenters. The Hall–Kier alpha value is -1.15. The van der Waals surface area contributed by atoms with Gasteiger partial charge in [-0.1, -0.05) is 43.1 Å². The van der Waals surface area contributed by atoms with Gasteiger partial charge in [-0.2, -0.15) is 0 Å². The summed E-state index contributed by atoms with van der Waals surface area (Å²) in [6.07, 6.45) is 3.33. The molecule has 0 amide bonds. The minimum Gasteiger partial charge on any atom is -0.303 e. The molecule has 2 rings (SSSR count). The molecule has 2 nitrogen and oxygen atoms in total. The van der Waals surface area contributed by atoms with Crippen LogP contribution in [0, 0.1) is 12.8 Å². The standard InChI is InChI=1S/C16H23NO/c1-13-6-8-15(9-7-13)16(18)14(2)12-17-10-4-3-5-11-17/h6-9,14H,3-5,10-12H2,1-2H3/i1D3,6D,7D,8D,9D. The number of hydrogen-bond donors (Lipinski definition) is 0. The Kier molecular flexibility index (Phi) is 2.34. The van der Waals surface area contributed by atoms with Crippen molar-refractivity contribution in [2.45, 2.75) is 33.0 Å². The molecule has 1 aromatic carbocycles. The van der Waals surface area contributed by atoms with Gasteiger partial charge in [0.1, 0.15) is 0 Å². The Labute approximate surface area is 120 Å². The summed E-state index contributed by atoms with van der Waals surface area (Å²) in [6.45, 7) is 1.26. The Balaban J connectivity index is 2.36. The van der Waals surface area contributed by atoms with Crippen LogP contribution in [0.15, 0.2) is 24.2 Å². The van der Waals surface area contributed by atoms with Gasteiger partial charge in [-0.15, -0.1) is 0 Å². The first kappa shape index (κ1) is 6.85. The molecule has 1 aromatic rings. The summed E-state index contributed by atoms with van der Waals surface area (Å²) in [6, 6.07) is -2.45. The van der Waals surface area contributed by atoms with E-state index in [1.54, 1.807) is 6.92 Å². The molecule has 1 saturated heterocycles. The lowest BCUT2D eigenvalue weighted by Crippen LogP contribution is -2.35. The number of carbonyl (C=O) groups excluding carboxylic acids is 1. The lowest BCUT2D eigenvalue weighted by Gasteiger charge is -2.28. The number of likely N-dealkylation sites (tertiary alicyclic amines) is 1. The van der Waals surface area contributed by atoms with Crippen LogP contribution in [0.1, 0.15) is 51.7 Å². The fraction of sp³-hybridized carbons (Fsp3) is 0.562.